The topological polar surface area (TPSA) is 72.9 Å². The molecular weight excluding hydrogens is 322 g/mol. The SMILES string of the molecule is COC(=O)c1cc(C)ccc1OC(=O)[C@H]1CCCN(C(=O)C2CC2)C1. The van der Waals surface area contributed by atoms with Crippen LogP contribution in [0.2, 0.25) is 0 Å². The van der Waals surface area contributed by atoms with Gasteiger partial charge in [0.1, 0.15) is 11.3 Å². The summed E-state index contributed by atoms with van der Waals surface area (Å²) in [5.41, 5.74) is 1.11. The van der Waals surface area contributed by atoms with Crippen LogP contribution in [0, 0.1) is 18.8 Å². The second-order valence-corrected chi connectivity index (χ2v) is 6.81. The van der Waals surface area contributed by atoms with Gasteiger partial charge in [0.15, 0.2) is 0 Å². The molecular formula is C19H23NO5. The van der Waals surface area contributed by atoms with Crippen molar-refractivity contribution in [2.24, 2.45) is 11.8 Å². The molecule has 0 bridgehead atoms. The van der Waals surface area contributed by atoms with Crippen LogP contribution in [0.4, 0.5) is 0 Å². The number of esters is 2. The van der Waals surface area contributed by atoms with Crippen molar-refractivity contribution in [1.82, 2.24) is 4.90 Å². The van der Waals surface area contributed by atoms with E-state index in [1.807, 2.05) is 6.92 Å². The van der Waals surface area contributed by atoms with Gasteiger partial charge in [-0.05, 0) is 50.3 Å². The molecule has 1 aliphatic carbocycles. The molecule has 0 aromatic heterocycles. The fraction of sp³-hybridized carbons (Fsp3) is 0.526. The first-order valence-electron chi connectivity index (χ1n) is 8.69. The summed E-state index contributed by atoms with van der Waals surface area (Å²) in [7, 11) is 1.29. The minimum atomic E-state index is -0.541. The number of ether oxygens (including phenoxy) is 2. The van der Waals surface area contributed by atoms with Crippen molar-refractivity contribution in [1.29, 1.82) is 0 Å². The van der Waals surface area contributed by atoms with E-state index in [0.29, 0.717) is 19.5 Å². The van der Waals surface area contributed by atoms with Gasteiger partial charge in [0.2, 0.25) is 5.91 Å². The first-order valence-corrected chi connectivity index (χ1v) is 8.69. The van der Waals surface area contributed by atoms with E-state index >= 15 is 0 Å². The number of carbonyl (C=O) groups excluding carboxylic acids is 3. The highest BCUT2D eigenvalue weighted by atomic mass is 16.5. The second-order valence-electron chi connectivity index (χ2n) is 6.81. The highest BCUT2D eigenvalue weighted by Crippen LogP contribution is 2.33. The van der Waals surface area contributed by atoms with Gasteiger partial charge < -0.3 is 14.4 Å². The molecule has 1 aromatic rings. The third-order valence-electron chi connectivity index (χ3n) is 4.74. The molecule has 0 radical (unpaired) electrons. The van der Waals surface area contributed by atoms with Gasteiger partial charge in [0.05, 0.1) is 13.0 Å². The summed E-state index contributed by atoms with van der Waals surface area (Å²) >= 11 is 0. The van der Waals surface area contributed by atoms with Gasteiger partial charge in [0, 0.05) is 19.0 Å². The number of hydrogen-bond acceptors (Lipinski definition) is 5. The van der Waals surface area contributed by atoms with E-state index in [9.17, 15) is 14.4 Å². The fourth-order valence-electron chi connectivity index (χ4n) is 3.15. The first kappa shape index (κ1) is 17.5. The largest absolute Gasteiger partial charge is 0.465 e. The Morgan fingerprint density at radius 3 is 2.56 bits per heavy atom. The normalized spacial score (nSPS) is 20.1. The van der Waals surface area contributed by atoms with E-state index < -0.39 is 11.9 Å². The Morgan fingerprint density at radius 2 is 1.88 bits per heavy atom. The Bertz CT molecular complexity index is 695. The third-order valence-corrected chi connectivity index (χ3v) is 4.74. The average molecular weight is 345 g/mol. The molecule has 1 amide bonds. The van der Waals surface area contributed by atoms with Gasteiger partial charge in [-0.3, -0.25) is 9.59 Å². The number of methoxy groups -OCH3 is 1. The maximum atomic E-state index is 12.6. The maximum absolute atomic E-state index is 12.6. The molecule has 1 aliphatic heterocycles. The van der Waals surface area contributed by atoms with E-state index in [4.69, 9.17) is 9.47 Å². The molecule has 1 heterocycles. The molecule has 2 aliphatic rings. The molecule has 2 fully saturated rings. The molecule has 1 atom stereocenters. The van der Waals surface area contributed by atoms with Gasteiger partial charge in [-0.25, -0.2) is 4.79 Å². The van der Waals surface area contributed by atoms with E-state index in [0.717, 1.165) is 24.8 Å². The molecule has 0 unspecified atom stereocenters. The minimum Gasteiger partial charge on any atom is -0.465 e. The Balaban J connectivity index is 1.69. The number of aryl methyl sites for hydroxylation is 1. The van der Waals surface area contributed by atoms with Crippen molar-refractivity contribution in [3.05, 3.63) is 29.3 Å². The van der Waals surface area contributed by atoms with Crippen molar-refractivity contribution < 1.29 is 23.9 Å². The van der Waals surface area contributed by atoms with Gasteiger partial charge in [0.25, 0.3) is 0 Å². The second kappa shape index (κ2) is 7.25. The predicted octanol–water partition coefficient (Wildman–Crippen LogP) is 2.34. The summed E-state index contributed by atoms with van der Waals surface area (Å²) in [6, 6.07) is 5.02. The van der Waals surface area contributed by atoms with Crippen LogP contribution in [0.3, 0.4) is 0 Å². The molecule has 0 N–H and O–H groups in total. The van der Waals surface area contributed by atoms with Crippen molar-refractivity contribution >= 4 is 17.8 Å². The zero-order chi connectivity index (χ0) is 18.0. The van der Waals surface area contributed by atoms with Crippen LogP contribution >= 0.6 is 0 Å². The highest BCUT2D eigenvalue weighted by molar-refractivity contribution is 5.94. The summed E-state index contributed by atoms with van der Waals surface area (Å²) in [6.07, 6.45) is 3.38. The lowest BCUT2D eigenvalue weighted by atomic mass is 9.97. The number of rotatable bonds is 4. The van der Waals surface area contributed by atoms with Crippen LogP contribution in [0.5, 0.6) is 5.75 Å². The van der Waals surface area contributed by atoms with Gasteiger partial charge >= 0.3 is 11.9 Å². The monoisotopic (exact) mass is 345 g/mol. The van der Waals surface area contributed by atoms with Crippen LogP contribution in [-0.4, -0.2) is 42.9 Å². The van der Waals surface area contributed by atoms with Crippen molar-refractivity contribution in [2.75, 3.05) is 20.2 Å². The zero-order valence-electron chi connectivity index (χ0n) is 14.6. The fourth-order valence-corrected chi connectivity index (χ4v) is 3.15. The Morgan fingerprint density at radius 1 is 1.12 bits per heavy atom. The Kier molecular flexibility index (Phi) is 5.06. The number of likely N-dealkylation sites (tertiary alicyclic amines) is 1. The number of nitrogens with zero attached hydrogens (tertiary/aromatic N) is 1. The summed E-state index contributed by atoms with van der Waals surface area (Å²) in [5.74, 6) is -0.791. The number of piperidine rings is 1. The first-order chi connectivity index (χ1) is 12.0. The quantitative estimate of drug-likeness (QED) is 0.619. The highest BCUT2D eigenvalue weighted by Gasteiger charge is 2.37. The van der Waals surface area contributed by atoms with Crippen molar-refractivity contribution in [3.63, 3.8) is 0 Å². The molecule has 1 saturated carbocycles. The summed E-state index contributed by atoms with van der Waals surface area (Å²) in [4.78, 5) is 38.5. The lowest BCUT2D eigenvalue weighted by Gasteiger charge is -2.31. The van der Waals surface area contributed by atoms with Crippen LogP contribution in [0.15, 0.2) is 18.2 Å². The summed E-state index contributed by atoms with van der Waals surface area (Å²) in [6.45, 7) is 2.95. The third kappa shape index (κ3) is 4.00. The Hall–Kier alpha value is -2.37. The number of hydrogen-bond donors (Lipinski definition) is 0. The van der Waals surface area contributed by atoms with Gasteiger partial charge in [-0.2, -0.15) is 0 Å². The molecule has 3 rings (SSSR count). The van der Waals surface area contributed by atoms with Crippen molar-refractivity contribution in [2.45, 2.75) is 32.6 Å². The summed E-state index contributed by atoms with van der Waals surface area (Å²) in [5, 5.41) is 0. The predicted molar refractivity (Wildman–Crippen MR) is 90.2 cm³/mol. The Labute approximate surface area is 147 Å². The average Bonchev–Trinajstić information content (AvgIpc) is 3.47. The number of carbonyl (C=O) groups is 3. The smallest absolute Gasteiger partial charge is 0.341 e. The molecule has 134 valence electrons. The van der Waals surface area contributed by atoms with Gasteiger partial charge in [-0.15, -0.1) is 0 Å². The van der Waals surface area contributed by atoms with Crippen LogP contribution in [0.25, 0.3) is 0 Å². The minimum absolute atomic E-state index is 0.151. The van der Waals surface area contributed by atoms with Gasteiger partial charge in [-0.1, -0.05) is 6.07 Å². The standard InChI is InChI=1S/C19H23NO5/c1-12-5-8-16(15(10-12)19(23)24-2)25-18(22)14-4-3-9-20(11-14)17(21)13-6-7-13/h5,8,10,13-14H,3-4,6-7,9,11H2,1-2H3/t14-/m0/s1. The molecule has 1 saturated heterocycles. The molecule has 25 heavy (non-hydrogen) atoms. The van der Waals surface area contributed by atoms with Crippen LogP contribution < -0.4 is 4.74 Å². The summed E-state index contributed by atoms with van der Waals surface area (Å²) < 4.78 is 10.2. The lowest BCUT2D eigenvalue weighted by Crippen LogP contribution is -2.44. The lowest BCUT2D eigenvalue weighted by molar-refractivity contribution is -0.143. The molecule has 0 spiro atoms. The number of amides is 1. The number of benzene rings is 1. The van der Waals surface area contributed by atoms with E-state index in [2.05, 4.69) is 0 Å². The molecule has 6 heteroatoms. The molecule has 6 nitrogen and oxygen atoms in total. The van der Waals surface area contributed by atoms with E-state index in [1.54, 1.807) is 23.1 Å². The zero-order valence-corrected chi connectivity index (χ0v) is 14.6. The van der Waals surface area contributed by atoms with Crippen molar-refractivity contribution in [3.8, 4) is 5.75 Å². The molecule has 1 aromatic carbocycles. The van der Waals surface area contributed by atoms with Crippen LogP contribution in [0.1, 0.15) is 41.6 Å². The van der Waals surface area contributed by atoms with Crippen LogP contribution in [-0.2, 0) is 14.3 Å². The van der Waals surface area contributed by atoms with E-state index in [-0.39, 0.29) is 29.1 Å². The van der Waals surface area contributed by atoms with E-state index in [1.165, 1.54) is 7.11 Å². The maximum Gasteiger partial charge on any atom is 0.341 e.